The third kappa shape index (κ3) is 6.75. The fraction of sp³-hybridized carbons (Fsp3) is 0.0357. The van der Waals surface area contributed by atoms with E-state index in [9.17, 15) is 0 Å². The zero-order valence-corrected chi connectivity index (χ0v) is 44.1. The molecule has 0 atom stereocenters. The van der Waals surface area contributed by atoms with Gasteiger partial charge in [-0.2, -0.15) is 5.46 Å². The van der Waals surface area contributed by atoms with Gasteiger partial charge >= 0.3 is 0 Å². The summed E-state index contributed by atoms with van der Waals surface area (Å²) in [7, 11) is 4.17. The van der Waals surface area contributed by atoms with Crippen LogP contribution >= 0.6 is 47.0 Å². The molecule has 69 heavy (non-hydrogen) atoms. The van der Waals surface area contributed by atoms with Crippen molar-refractivity contribution in [2.45, 2.75) is 39.2 Å². The fourth-order valence-corrected chi connectivity index (χ4v) is 15.0. The standard InChI is InChI=1S/C56H28B2N4OS4.2Pt/c1-61-42-11-5-3-9-40(42)59-55(61)33-19-23-47-38(27-33)57-36-25-31(17-21-45(36)64-49-13-7-14-50(66-47)53(49)57)35-29-44(63-30-35)32-18-22-46-37(26-32)58-39-28-34(56-60-41-10-4-6-12-43(41)62(56)2)20-24-48(39)67-52-16-8-15-51(65-46)54(52)58;;/h3-24H,1-2H3;;/q-6;;. The number of aromatic nitrogens is 4. The van der Waals surface area contributed by atoms with Crippen molar-refractivity contribution in [3.8, 4) is 45.2 Å². The largest absolute Gasteiger partial charge is 0.631 e. The summed E-state index contributed by atoms with van der Waals surface area (Å²) >= 11 is 7.27. The third-order valence-corrected chi connectivity index (χ3v) is 18.1. The van der Waals surface area contributed by atoms with E-state index in [2.05, 4.69) is 181 Å². The molecule has 334 valence electrons. The van der Waals surface area contributed by atoms with Crippen LogP contribution in [-0.4, -0.2) is 32.5 Å². The van der Waals surface area contributed by atoms with Crippen LogP contribution in [0.15, 0.2) is 177 Å². The third-order valence-electron chi connectivity index (χ3n) is 13.5. The predicted molar refractivity (Wildman–Crippen MR) is 274 cm³/mol. The van der Waals surface area contributed by atoms with Crippen molar-refractivity contribution in [2.75, 3.05) is 0 Å². The summed E-state index contributed by atoms with van der Waals surface area (Å²) in [6.45, 7) is -0.111. The first-order valence-corrected chi connectivity index (χ1v) is 25.3. The normalized spacial score (nSPS) is 13.4. The second-order valence-corrected chi connectivity index (χ2v) is 21.5. The fourth-order valence-electron chi connectivity index (χ4n) is 10.3. The van der Waals surface area contributed by atoms with Crippen LogP contribution in [0.1, 0.15) is 0 Å². The van der Waals surface area contributed by atoms with E-state index in [0.717, 1.165) is 83.4 Å². The van der Waals surface area contributed by atoms with Crippen molar-refractivity contribution in [3.63, 3.8) is 0 Å². The Bertz CT molecular complexity index is 3700. The zero-order chi connectivity index (χ0) is 44.1. The average molecular weight is 1310 g/mol. The molecule has 11 aromatic rings. The van der Waals surface area contributed by atoms with Crippen LogP contribution in [0.2, 0.25) is 0 Å². The minimum absolute atomic E-state index is 0. The molecule has 0 unspecified atom stereocenters. The molecular weight excluding hydrogens is 1280 g/mol. The Balaban J connectivity index is 0.00000234. The van der Waals surface area contributed by atoms with E-state index in [1.54, 1.807) is 0 Å². The van der Waals surface area contributed by atoms with Crippen LogP contribution < -0.4 is 32.8 Å². The Morgan fingerprint density at radius 1 is 0.420 bits per heavy atom. The summed E-state index contributed by atoms with van der Waals surface area (Å²) in [4.78, 5) is 19.9. The number of nitrogens with zero attached hydrogens (tertiary/aromatic N) is 4. The number of aryl methyl sites for hydroxylation is 2. The molecule has 8 aromatic carbocycles. The van der Waals surface area contributed by atoms with E-state index in [1.165, 1.54) is 50.1 Å². The van der Waals surface area contributed by atoms with E-state index in [4.69, 9.17) is 14.4 Å². The molecule has 0 saturated carbocycles. The molecule has 4 aliphatic rings. The smallest absolute Gasteiger partial charge is 0.208 e. The summed E-state index contributed by atoms with van der Waals surface area (Å²) in [5, 5.41) is 0. The van der Waals surface area contributed by atoms with Gasteiger partial charge in [-0.1, -0.05) is 61.7 Å². The molecule has 0 fully saturated rings. The first-order chi connectivity index (χ1) is 33.0. The van der Waals surface area contributed by atoms with Crippen molar-refractivity contribution < 1.29 is 46.5 Å². The molecule has 0 spiro atoms. The van der Waals surface area contributed by atoms with Gasteiger partial charge in [-0.3, -0.25) is 9.97 Å². The molecule has 0 aliphatic carbocycles. The van der Waals surface area contributed by atoms with Crippen molar-refractivity contribution in [2.24, 2.45) is 14.1 Å². The molecule has 0 amide bonds. The second-order valence-electron chi connectivity index (χ2n) is 17.2. The molecule has 0 bridgehead atoms. The summed E-state index contributed by atoms with van der Waals surface area (Å²) in [6.07, 6.45) is 3.24. The Kier molecular flexibility index (Phi) is 10.7. The monoisotopic (exact) mass is 1310 g/mol. The second kappa shape index (κ2) is 16.8. The van der Waals surface area contributed by atoms with Crippen LogP contribution in [0, 0.1) is 36.6 Å². The maximum absolute atomic E-state index is 6.32. The van der Waals surface area contributed by atoms with Gasteiger partial charge in [0.15, 0.2) is 0 Å². The van der Waals surface area contributed by atoms with Crippen LogP contribution in [0.25, 0.3) is 67.3 Å². The minimum atomic E-state index is -0.0590. The number of rotatable bonds is 4. The van der Waals surface area contributed by atoms with Gasteiger partial charge in [-0.05, 0) is 79.0 Å². The molecule has 3 aromatic heterocycles. The molecule has 0 radical (unpaired) electrons. The molecule has 0 N–H and O–H groups in total. The van der Waals surface area contributed by atoms with Crippen LogP contribution in [-0.2, 0) is 56.2 Å². The summed E-state index contributed by atoms with van der Waals surface area (Å²) < 4.78 is 10.7. The molecule has 5 nitrogen and oxygen atoms in total. The molecule has 7 heterocycles. The maximum atomic E-state index is 6.32. The van der Waals surface area contributed by atoms with Crippen LogP contribution in [0.5, 0.6) is 0 Å². The molecule has 4 aliphatic heterocycles. The molecular formula is C56H28B2N4OPt2S4-6. The van der Waals surface area contributed by atoms with E-state index < -0.39 is 0 Å². The van der Waals surface area contributed by atoms with Gasteiger partial charge in [0.25, 0.3) is 0 Å². The first kappa shape index (κ1) is 43.9. The van der Waals surface area contributed by atoms with Crippen LogP contribution in [0.4, 0.5) is 0 Å². The number of imidazole rings is 2. The van der Waals surface area contributed by atoms with Gasteiger partial charge in [0.1, 0.15) is 0 Å². The van der Waals surface area contributed by atoms with Gasteiger partial charge in [-0.15, -0.1) is 147 Å². The van der Waals surface area contributed by atoms with Crippen molar-refractivity contribution in [3.05, 3.63) is 170 Å². The van der Waals surface area contributed by atoms with Crippen LogP contribution in [0.3, 0.4) is 0 Å². The van der Waals surface area contributed by atoms with E-state index >= 15 is 0 Å². The number of para-hydroxylation sites is 4. The Hall–Kier alpha value is -5.11. The van der Waals surface area contributed by atoms with Gasteiger partial charge in [0.05, 0.1) is 33.7 Å². The van der Waals surface area contributed by atoms with Gasteiger partial charge < -0.3 is 30.7 Å². The zero-order valence-electron chi connectivity index (χ0n) is 36.3. The number of benzene rings is 8. The Labute approximate surface area is 445 Å². The van der Waals surface area contributed by atoms with E-state index in [1.807, 2.05) is 59.2 Å². The van der Waals surface area contributed by atoms with Gasteiger partial charge in [0, 0.05) is 56.2 Å². The quantitative estimate of drug-likeness (QED) is 0.129. The van der Waals surface area contributed by atoms with E-state index in [-0.39, 0.29) is 55.6 Å². The summed E-state index contributed by atoms with van der Waals surface area (Å²) in [6, 6.07) is 66.6. The van der Waals surface area contributed by atoms with Crippen molar-refractivity contribution in [1.29, 1.82) is 0 Å². The summed E-state index contributed by atoms with van der Waals surface area (Å²) in [5.41, 5.74) is 15.7. The molecule has 13 heteroatoms. The van der Waals surface area contributed by atoms with Crippen molar-refractivity contribution >= 4 is 115 Å². The SMILES string of the molecule is Cn1c(-c2[c-]c3c(cc2)Sc2cccc4c2B3c2[c-]c(-c3[c-]oc(-c5[c-]c6c(cc5)Sc5cccc7c5B6c5[c-]c(-c6nc8ccccc8n6C)ccc5S7)[c-]3)ccc2S4)nc2ccccc21.[Pt].[Pt]. The van der Waals surface area contributed by atoms with Gasteiger partial charge in [-0.25, -0.2) is 12.1 Å². The Morgan fingerprint density at radius 3 is 1.26 bits per heavy atom. The van der Waals surface area contributed by atoms with Gasteiger partial charge in [0.2, 0.25) is 13.4 Å². The van der Waals surface area contributed by atoms with Crippen molar-refractivity contribution in [1.82, 2.24) is 19.1 Å². The number of hydrogen-bond donors (Lipinski definition) is 0. The average Bonchev–Trinajstić information content (AvgIpc) is 4.09. The Morgan fingerprint density at radius 2 is 0.812 bits per heavy atom. The summed E-state index contributed by atoms with van der Waals surface area (Å²) in [5.74, 6) is 2.40. The number of fused-ring (bicyclic) bond motifs is 10. The maximum Gasteiger partial charge on any atom is 0.208 e. The number of furan rings is 1. The van der Waals surface area contributed by atoms with E-state index in [0.29, 0.717) is 5.76 Å². The minimum Gasteiger partial charge on any atom is -0.631 e. The predicted octanol–water partition coefficient (Wildman–Crippen LogP) is 9.41. The molecule has 0 saturated heterocycles. The molecule has 15 rings (SSSR count). The number of hydrogen-bond acceptors (Lipinski definition) is 7. The topological polar surface area (TPSA) is 48.8 Å². The first-order valence-electron chi connectivity index (χ1n) is 22.0.